The minimum Gasteiger partial charge on any atom is -0.403 e. The first kappa shape index (κ1) is 25.5. The van der Waals surface area contributed by atoms with Gasteiger partial charge in [-0.05, 0) is 53.3 Å². The third kappa shape index (κ3) is 6.53. The summed E-state index contributed by atoms with van der Waals surface area (Å²) in [6.07, 6.45) is 6.31. The van der Waals surface area contributed by atoms with Crippen LogP contribution in [0.15, 0.2) is 48.5 Å². The summed E-state index contributed by atoms with van der Waals surface area (Å²) in [6.45, 7) is 2.25. The maximum atomic E-state index is 15.3. The lowest BCUT2D eigenvalue weighted by Gasteiger charge is -2.28. The fourth-order valence-corrected chi connectivity index (χ4v) is 5.27. The molecule has 1 aliphatic carbocycles. The van der Waals surface area contributed by atoms with E-state index in [1.54, 1.807) is 12.1 Å². The molecule has 35 heavy (non-hydrogen) atoms. The van der Waals surface area contributed by atoms with Crippen LogP contribution in [0.5, 0.6) is 5.75 Å². The molecule has 3 aromatic carbocycles. The van der Waals surface area contributed by atoms with Crippen LogP contribution in [-0.2, 0) is 6.42 Å². The largest absolute Gasteiger partial charge is 0.573 e. The smallest absolute Gasteiger partial charge is 0.403 e. The molecule has 0 bridgehead atoms. The lowest BCUT2D eigenvalue weighted by molar-refractivity contribution is -0.275. The molecule has 0 N–H and O–H groups in total. The summed E-state index contributed by atoms with van der Waals surface area (Å²) in [5.74, 6) is -1.02. The van der Waals surface area contributed by atoms with E-state index in [9.17, 15) is 17.6 Å². The molecule has 0 radical (unpaired) electrons. The molecule has 3 aromatic rings. The van der Waals surface area contributed by atoms with Gasteiger partial charge < -0.3 is 4.74 Å². The predicted molar refractivity (Wildman–Crippen MR) is 129 cm³/mol. The molecule has 0 aromatic heterocycles. The highest BCUT2D eigenvalue weighted by Gasteiger charge is 2.32. The van der Waals surface area contributed by atoms with Gasteiger partial charge in [0.25, 0.3) is 0 Å². The van der Waals surface area contributed by atoms with Crippen molar-refractivity contribution in [3.63, 3.8) is 0 Å². The third-order valence-corrected chi connectivity index (χ3v) is 7.26. The highest BCUT2D eigenvalue weighted by Crippen LogP contribution is 2.36. The number of rotatable bonds is 8. The quantitative estimate of drug-likeness (QED) is 0.286. The number of aryl methyl sites for hydroxylation is 1. The van der Waals surface area contributed by atoms with Gasteiger partial charge in [-0.25, -0.2) is 8.78 Å². The Labute approximate surface area is 203 Å². The average Bonchev–Trinajstić information content (AvgIpc) is 2.83. The fraction of sp³-hybridized carbons (Fsp3) is 0.448. The Balaban J connectivity index is 1.43. The Morgan fingerprint density at radius 3 is 2.23 bits per heavy atom. The van der Waals surface area contributed by atoms with Crippen LogP contribution in [0.1, 0.15) is 63.9 Å². The SMILES string of the molecule is CCCCC1CCC(CCc2ccc3c(F)c(-c4ccc(OC(F)(F)F)c(F)c4)ccc3c2)CC1. The van der Waals surface area contributed by atoms with Crippen LogP contribution in [0.25, 0.3) is 21.9 Å². The number of unbranched alkanes of at least 4 members (excludes halogenated alkanes) is 1. The van der Waals surface area contributed by atoms with E-state index in [1.165, 1.54) is 57.1 Å². The molecule has 0 atom stereocenters. The summed E-state index contributed by atoms with van der Waals surface area (Å²) in [4.78, 5) is 0. The van der Waals surface area contributed by atoms with Crippen LogP contribution in [0.3, 0.4) is 0 Å². The van der Waals surface area contributed by atoms with Crippen molar-refractivity contribution < 1.29 is 26.7 Å². The van der Waals surface area contributed by atoms with Gasteiger partial charge in [0.2, 0.25) is 0 Å². The molecule has 1 fully saturated rings. The van der Waals surface area contributed by atoms with E-state index < -0.39 is 23.7 Å². The van der Waals surface area contributed by atoms with Gasteiger partial charge in [-0.2, -0.15) is 0 Å². The second-order valence-electron chi connectivity index (χ2n) is 9.74. The van der Waals surface area contributed by atoms with Crippen molar-refractivity contribution in [2.75, 3.05) is 0 Å². The van der Waals surface area contributed by atoms with Crippen molar-refractivity contribution in [2.45, 2.75) is 71.1 Å². The number of fused-ring (bicyclic) bond motifs is 1. The van der Waals surface area contributed by atoms with E-state index in [2.05, 4.69) is 11.7 Å². The number of ether oxygens (including phenoxy) is 1. The van der Waals surface area contributed by atoms with Crippen molar-refractivity contribution in [2.24, 2.45) is 11.8 Å². The number of hydrogen-bond donors (Lipinski definition) is 0. The maximum absolute atomic E-state index is 15.3. The molecule has 0 spiro atoms. The van der Waals surface area contributed by atoms with E-state index in [-0.39, 0.29) is 11.1 Å². The second-order valence-corrected chi connectivity index (χ2v) is 9.74. The van der Waals surface area contributed by atoms with Crippen molar-refractivity contribution in [1.82, 2.24) is 0 Å². The van der Waals surface area contributed by atoms with Gasteiger partial charge in [0.05, 0.1) is 0 Å². The van der Waals surface area contributed by atoms with Crippen molar-refractivity contribution >= 4 is 10.8 Å². The van der Waals surface area contributed by atoms with Gasteiger partial charge in [-0.3, -0.25) is 0 Å². The van der Waals surface area contributed by atoms with Gasteiger partial charge in [0.1, 0.15) is 5.82 Å². The van der Waals surface area contributed by atoms with Crippen LogP contribution in [0, 0.1) is 23.5 Å². The molecular formula is C29H31F5O. The lowest BCUT2D eigenvalue weighted by atomic mass is 9.78. The first-order valence-corrected chi connectivity index (χ1v) is 12.5. The van der Waals surface area contributed by atoms with Crippen molar-refractivity contribution in [1.29, 1.82) is 0 Å². The van der Waals surface area contributed by atoms with E-state index in [1.807, 2.05) is 12.1 Å². The topological polar surface area (TPSA) is 9.23 Å². The zero-order valence-corrected chi connectivity index (χ0v) is 19.9. The van der Waals surface area contributed by atoms with Gasteiger partial charge in [0.15, 0.2) is 11.6 Å². The van der Waals surface area contributed by atoms with E-state index in [0.29, 0.717) is 5.39 Å². The summed E-state index contributed by atoms with van der Waals surface area (Å²) in [6, 6.07) is 11.9. The Morgan fingerprint density at radius 2 is 1.57 bits per heavy atom. The zero-order chi connectivity index (χ0) is 25.0. The highest BCUT2D eigenvalue weighted by atomic mass is 19.4. The molecule has 1 saturated carbocycles. The molecule has 6 heteroatoms. The van der Waals surface area contributed by atoms with Crippen LogP contribution in [0.2, 0.25) is 0 Å². The molecule has 0 amide bonds. The average molecular weight is 491 g/mol. The minimum atomic E-state index is -5.00. The number of halogens is 5. The molecule has 0 heterocycles. The number of alkyl halides is 3. The monoisotopic (exact) mass is 490 g/mol. The number of hydrogen-bond acceptors (Lipinski definition) is 1. The molecule has 188 valence electrons. The molecule has 1 nitrogen and oxygen atoms in total. The molecule has 0 aliphatic heterocycles. The maximum Gasteiger partial charge on any atom is 0.573 e. The predicted octanol–water partition coefficient (Wildman–Crippen LogP) is 9.61. The van der Waals surface area contributed by atoms with E-state index in [0.717, 1.165) is 47.8 Å². The standard InChI is InChI=1S/C29H31F5O/c1-2-3-4-19-5-7-20(8-6-19)9-10-21-11-14-24-22(17-21)12-15-25(28(24)31)23-13-16-27(26(30)18-23)35-29(32,33)34/h11-20H,2-10H2,1H3. The van der Waals surface area contributed by atoms with Gasteiger partial charge >= 0.3 is 6.36 Å². The first-order chi connectivity index (χ1) is 16.7. The molecule has 0 saturated heterocycles. The lowest BCUT2D eigenvalue weighted by Crippen LogP contribution is -2.17. The second kappa shape index (κ2) is 11.0. The molecule has 0 unspecified atom stereocenters. The molecule has 4 rings (SSSR count). The summed E-state index contributed by atoms with van der Waals surface area (Å²) in [7, 11) is 0. The van der Waals surface area contributed by atoms with Crippen LogP contribution in [0.4, 0.5) is 22.0 Å². The van der Waals surface area contributed by atoms with Gasteiger partial charge in [-0.15, -0.1) is 13.2 Å². The normalized spacial score (nSPS) is 18.7. The Morgan fingerprint density at radius 1 is 0.857 bits per heavy atom. The zero-order valence-electron chi connectivity index (χ0n) is 19.9. The summed E-state index contributed by atoms with van der Waals surface area (Å²) in [5, 5.41) is 1.16. The minimum absolute atomic E-state index is 0.127. The van der Waals surface area contributed by atoms with Gasteiger partial charge in [-0.1, -0.05) is 88.3 Å². The Hall–Kier alpha value is -2.63. The van der Waals surface area contributed by atoms with Crippen molar-refractivity contribution in [3.8, 4) is 16.9 Å². The van der Waals surface area contributed by atoms with Crippen LogP contribution < -0.4 is 4.74 Å². The summed E-state index contributed by atoms with van der Waals surface area (Å²) in [5.41, 5.74) is 1.44. The van der Waals surface area contributed by atoms with Gasteiger partial charge in [0, 0.05) is 10.9 Å². The Kier molecular flexibility index (Phi) is 7.98. The first-order valence-electron chi connectivity index (χ1n) is 12.5. The van der Waals surface area contributed by atoms with E-state index in [4.69, 9.17) is 0 Å². The molecule has 1 aliphatic rings. The highest BCUT2D eigenvalue weighted by molar-refractivity contribution is 5.88. The number of benzene rings is 3. The van der Waals surface area contributed by atoms with Crippen LogP contribution >= 0.6 is 0 Å². The Bertz CT molecular complexity index is 1150. The molecular weight excluding hydrogens is 459 g/mol. The third-order valence-electron chi connectivity index (χ3n) is 7.26. The van der Waals surface area contributed by atoms with Crippen LogP contribution in [-0.4, -0.2) is 6.36 Å². The summed E-state index contributed by atoms with van der Waals surface area (Å²) < 4.78 is 70.2. The van der Waals surface area contributed by atoms with E-state index >= 15 is 4.39 Å². The fourth-order valence-electron chi connectivity index (χ4n) is 5.27. The summed E-state index contributed by atoms with van der Waals surface area (Å²) >= 11 is 0. The van der Waals surface area contributed by atoms with Crippen molar-refractivity contribution in [3.05, 3.63) is 65.7 Å².